The SMILES string of the molecule is C#CCCC1(CCNC(=O)c2cc(C(F)(F)F)nn2C)N=N1. The quantitative estimate of drug-likeness (QED) is 0.817. The highest BCUT2D eigenvalue weighted by molar-refractivity contribution is 5.92. The molecule has 0 atom stereocenters. The summed E-state index contributed by atoms with van der Waals surface area (Å²) in [7, 11) is 1.28. The molecule has 1 aliphatic rings. The molecule has 0 aromatic carbocycles. The Morgan fingerprint density at radius 2 is 2.14 bits per heavy atom. The Morgan fingerprint density at radius 3 is 2.64 bits per heavy atom. The van der Waals surface area contributed by atoms with Crippen LogP contribution in [0.1, 0.15) is 35.4 Å². The predicted octanol–water partition coefficient (Wildman–Crippen LogP) is 2.13. The van der Waals surface area contributed by atoms with Gasteiger partial charge in [0.2, 0.25) is 0 Å². The molecule has 0 spiro atoms. The highest BCUT2D eigenvalue weighted by atomic mass is 19.4. The number of terminal acetylenes is 1. The van der Waals surface area contributed by atoms with Gasteiger partial charge in [0.15, 0.2) is 11.4 Å². The van der Waals surface area contributed by atoms with Crippen LogP contribution < -0.4 is 5.32 Å². The first-order valence-corrected chi connectivity index (χ1v) is 6.54. The molecule has 0 radical (unpaired) electrons. The van der Waals surface area contributed by atoms with Gasteiger partial charge in [-0.1, -0.05) is 0 Å². The van der Waals surface area contributed by atoms with Crippen molar-refractivity contribution in [2.45, 2.75) is 31.1 Å². The van der Waals surface area contributed by atoms with E-state index >= 15 is 0 Å². The molecule has 1 N–H and O–H groups in total. The van der Waals surface area contributed by atoms with Crippen molar-refractivity contribution in [1.82, 2.24) is 15.1 Å². The normalized spacial score (nSPS) is 15.4. The third-order valence-corrected chi connectivity index (χ3v) is 3.27. The number of carbonyl (C=O) groups excluding carboxylic acids is 1. The van der Waals surface area contributed by atoms with Gasteiger partial charge in [-0.05, 0) is 0 Å². The van der Waals surface area contributed by atoms with E-state index in [0.717, 1.165) is 10.7 Å². The maximum Gasteiger partial charge on any atom is 0.435 e. The average molecular weight is 313 g/mol. The summed E-state index contributed by atoms with van der Waals surface area (Å²) in [5.74, 6) is 1.86. The van der Waals surface area contributed by atoms with E-state index in [-0.39, 0.29) is 12.2 Å². The Balaban J connectivity index is 1.88. The van der Waals surface area contributed by atoms with Crippen LogP contribution >= 0.6 is 0 Å². The van der Waals surface area contributed by atoms with Crippen LogP contribution in [-0.4, -0.2) is 27.9 Å². The molecular weight excluding hydrogens is 299 g/mol. The van der Waals surface area contributed by atoms with Crippen molar-refractivity contribution in [2.75, 3.05) is 6.54 Å². The molecule has 1 amide bonds. The fourth-order valence-electron chi connectivity index (χ4n) is 1.95. The predicted molar refractivity (Wildman–Crippen MR) is 70.8 cm³/mol. The molecule has 22 heavy (non-hydrogen) atoms. The van der Waals surface area contributed by atoms with Gasteiger partial charge < -0.3 is 5.32 Å². The number of alkyl halides is 3. The number of nitrogens with zero attached hydrogens (tertiary/aromatic N) is 4. The van der Waals surface area contributed by atoms with E-state index in [4.69, 9.17) is 6.42 Å². The van der Waals surface area contributed by atoms with E-state index in [1.807, 2.05) is 0 Å². The van der Waals surface area contributed by atoms with Crippen LogP contribution in [0.25, 0.3) is 0 Å². The smallest absolute Gasteiger partial charge is 0.351 e. The van der Waals surface area contributed by atoms with Gasteiger partial charge >= 0.3 is 6.18 Å². The Bertz CT molecular complexity index is 635. The lowest BCUT2D eigenvalue weighted by molar-refractivity contribution is -0.141. The Labute approximate surface area is 124 Å². The molecule has 1 aromatic heterocycles. The summed E-state index contributed by atoms with van der Waals surface area (Å²) in [6.45, 7) is 0.239. The van der Waals surface area contributed by atoms with Crippen molar-refractivity contribution in [2.24, 2.45) is 17.3 Å². The van der Waals surface area contributed by atoms with Crippen molar-refractivity contribution >= 4 is 5.91 Å². The molecular formula is C13H14F3N5O. The van der Waals surface area contributed by atoms with Crippen LogP contribution in [0, 0.1) is 12.3 Å². The van der Waals surface area contributed by atoms with E-state index < -0.39 is 23.4 Å². The number of aromatic nitrogens is 2. The summed E-state index contributed by atoms with van der Waals surface area (Å²) in [5, 5.41) is 13.6. The van der Waals surface area contributed by atoms with Gasteiger partial charge in [0.25, 0.3) is 5.91 Å². The first-order chi connectivity index (χ1) is 10.3. The molecule has 0 aliphatic carbocycles. The zero-order valence-electron chi connectivity index (χ0n) is 11.8. The second kappa shape index (κ2) is 5.79. The number of amides is 1. The second-order valence-corrected chi connectivity index (χ2v) is 4.93. The maximum absolute atomic E-state index is 12.5. The van der Waals surface area contributed by atoms with E-state index in [2.05, 4.69) is 26.6 Å². The number of carbonyl (C=O) groups is 1. The third-order valence-electron chi connectivity index (χ3n) is 3.27. The van der Waals surface area contributed by atoms with Crippen LogP contribution in [0.3, 0.4) is 0 Å². The van der Waals surface area contributed by atoms with Gasteiger partial charge in [0.05, 0.1) is 0 Å². The molecule has 0 fully saturated rings. The van der Waals surface area contributed by atoms with Gasteiger partial charge in [-0.3, -0.25) is 9.48 Å². The molecule has 6 nitrogen and oxygen atoms in total. The Morgan fingerprint density at radius 1 is 1.45 bits per heavy atom. The van der Waals surface area contributed by atoms with E-state index in [0.29, 0.717) is 19.3 Å². The molecule has 1 aromatic rings. The molecule has 9 heteroatoms. The minimum Gasteiger partial charge on any atom is -0.351 e. The number of nitrogens with one attached hydrogen (secondary N) is 1. The lowest BCUT2D eigenvalue weighted by atomic mass is 10.0. The van der Waals surface area contributed by atoms with Crippen LogP contribution in [0.4, 0.5) is 13.2 Å². The fourth-order valence-corrected chi connectivity index (χ4v) is 1.95. The van der Waals surface area contributed by atoms with Gasteiger partial charge in [-0.15, -0.1) is 12.3 Å². The number of rotatable bonds is 6. The third kappa shape index (κ3) is 3.63. The van der Waals surface area contributed by atoms with E-state index in [9.17, 15) is 18.0 Å². The zero-order valence-corrected chi connectivity index (χ0v) is 11.8. The van der Waals surface area contributed by atoms with Crippen LogP contribution in [-0.2, 0) is 13.2 Å². The van der Waals surface area contributed by atoms with Gasteiger partial charge in [0.1, 0.15) is 5.69 Å². The highest BCUT2D eigenvalue weighted by Gasteiger charge is 2.39. The minimum atomic E-state index is -4.58. The second-order valence-electron chi connectivity index (χ2n) is 4.93. The maximum atomic E-state index is 12.5. The monoisotopic (exact) mass is 313 g/mol. The number of hydrogen-bond donors (Lipinski definition) is 1. The van der Waals surface area contributed by atoms with Crippen LogP contribution in [0.15, 0.2) is 16.3 Å². The minimum absolute atomic E-state index is 0.158. The number of aryl methyl sites for hydroxylation is 1. The first kappa shape index (κ1) is 16.0. The summed E-state index contributed by atoms with van der Waals surface area (Å²) in [6, 6.07) is 0.718. The number of halogens is 3. The summed E-state index contributed by atoms with van der Waals surface area (Å²) >= 11 is 0. The zero-order chi connectivity index (χ0) is 16.4. The van der Waals surface area contributed by atoms with E-state index in [1.54, 1.807) is 0 Å². The summed E-state index contributed by atoms with van der Waals surface area (Å²) in [4.78, 5) is 11.9. The van der Waals surface area contributed by atoms with Gasteiger partial charge in [-0.2, -0.15) is 28.5 Å². The van der Waals surface area contributed by atoms with Crippen molar-refractivity contribution in [3.8, 4) is 12.3 Å². The molecule has 0 saturated heterocycles. The summed E-state index contributed by atoms with van der Waals surface area (Å²) < 4.78 is 38.5. The van der Waals surface area contributed by atoms with Crippen molar-refractivity contribution < 1.29 is 18.0 Å². The summed E-state index contributed by atoms with van der Waals surface area (Å²) in [5.41, 5.74) is -1.80. The van der Waals surface area contributed by atoms with Gasteiger partial charge in [0, 0.05) is 38.9 Å². The standard InChI is InChI=1S/C13H14F3N5O/c1-3-4-5-12(19-20-12)6-7-17-11(22)9-8-10(13(14,15)16)18-21(9)2/h1,8H,4-7H2,2H3,(H,17,22). The molecule has 2 heterocycles. The lowest BCUT2D eigenvalue weighted by Gasteiger charge is -2.09. The lowest BCUT2D eigenvalue weighted by Crippen LogP contribution is -2.29. The highest BCUT2D eigenvalue weighted by Crippen LogP contribution is 2.36. The Kier molecular flexibility index (Phi) is 4.21. The summed E-state index contributed by atoms with van der Waals surface area (Å²) in [6.07, 6.45) is 2.17. The first-order valence-electron chi connectivity index (χ1n) is 6.54. The van der Waals surface area contributed by atoms with Crippen molar-refractivity contribution in [3.63, 3.8) is 0 Å². The van der Waals surface area contributed by atoms with E-state index in [1.165, 1.54) is 7.05 Å². The van der Waals surface area contributed by atoms with Crippen LogP contribution in [0.5, 0.6) is 0 Å². The average Bonchev–Trinajstić information content (AvgIpc) is 3.08. The van der Waals surface area contributed by atoms with Gasteiger partial charge in [-0.25, -0.2) is 0 Å². The largest absolute Gasteiger partial charge is 0.435 e. The molecule has 0 saturated carbocycles. The molecule has 118 valence electrons. The molecule has 2 rings (SSSR count). The van der Waals surface area contributed by atoms with Crippen molar-refractivity contribution in [1.29, 1.82) is 0 Å². The van der Waals surface area contributed by atoms with Crippen LogP contribution in [0.2, 0.25) is 0 Å². The fraction of sp³-hybridized carbons (Fsp3) is 0.538. The van der Waals surface area contributed by atoms with Crippen molar-refractivity contribution in [3.05, 3.63) is 17.5 Å². The molecule has 0 unspecified atom stereocenters. The number of hydrogen-bond acceptors (Lipinski definition) is 4. The molecule has 0 bridgehead atoms. The molecule has 1 aliphatic heterocycles. The topological polar surface area (TPSA) is 71.6 Å². The Hall–Kier alpha value is -2.37.